The van der Waals surface area contributed by atoms with Gasteiger partial charge >= 0.3 is 0 Å². The second-order valence-electron chi connectivity index (χ2n) is 4.46. The van der Waals surface area contributed by atoms with Crippen molar-refractivity contribution in [3.63, 3.8) is 0 Å². The summed E-state index contributed by atoms with van der Waals surface area (Å²) in [6, 6.07) is 5.26. The van der Waals surface area contributed by atoms with Crippen LogP contribution < -0.4 is 15.4 Å². The van der Waals surface area contributed by atoms with E-state index in [0.29, 0.717) is 15.8 Å². The summed E-state index contributed by atoms with van der Waals surface area (Å²) in [6.07, 6.45) is 5.39. The number of aromatic amines is 1. The van der Waals surface area contributed by atoms with Gasteiger partial charge in [-0.25, -0.2) is 4.98 Å². The van der Waals surface area contributed by atoms with Crippen molar-refractivity contribution in [2.75, 3.05) is 6.26 Å². The minimum atomic E-state index is -0.354. The molecule has 3 nitrogen and oxygen atoms in total. The standard InChI is InChI=1S/C14H11Cl3N2OS/c1-21-14-18-9-5-8(16)12(6-10(9)19-14)20-11-4-2-3-7(15)13(11)17/h2-6,8,12H,1H3,(H,18,19). The summed E-state index contributed by atoms with van der Waals surface area (Å²) < 4.78 is 5.88. The van der Waals surface area contributed by atoms with Crippen LogP contribution in [-0.2, 0) is 0 Å². The quantitative estimate of drug-likeness (QED) is 0.674. The molecule has 0 bridgehead atoms. The lowest BCUT2D eigenvalue weighted by atomic mass is 10.1. The molecule has 2 unspecified atom stereocenters. The highest BCUT2D eigenvalue weighted by atomic mass is 35.5. The number of hydrogen-bond acceptors (Lipinski definition) is 3. The zero-order valence-corrected chi connectivity index (χ0v) is 14.0. The largest absolute Gasteiger partial charge is 0.483 e. The molecule has 0 spiro atoms. The molecular weight excluding hydrogens is 351 g/mol. The van der Waals surface area contributed by atoms with E-state index in [9.17, 15) is 0 Å². The van der Waals surface area contributed by atoms with Crippen molar-refractivity contribution >= 4 is 58.7 Å². The molecule has 7 heteroatoms. The van der Waals surface area contributed by atoms with E-state index in [1.165, 1.54) is 0 Å². The first-order chi connectivity index (χ1) is 10.1. The van der Waals surface area contributed by atoms with E-state index < -0.39 is 0 Å². The molecule has 1 aromatic heterocycles. The summed E-state index contributed by atoms with van der Waals surface area (Å²) in [5.41, 5.74) is 0. The van der Waals surface area contributed by atoms with Crippen LogP contribution in [0.5, 0.6) is 5.75 Å². The van der Waals surface area contributed by atoms with Gasteiger partial charge in [0, 0.05) is 0 Å². The Bertz CT molecular complexity index is 790. The predicted molar refractivity (Wildman–Crippen MR) is 89.1 cm³/mol. The number of halogens is 3. The van der Waals surface area contributed by atoms with Crippen LogP contribution in [0.15, 0.2) is 23.4 Å². The number of nitrogens with one attached hydrogen (secondary N) is 1. The maximum atomic E-state index is 6.36. The van der Waals surface area contributed by atoms with E-state index in [1.807, 2.05) is 18.4 Å². The molecule has 0 amide bonds. The van der Waals surface area contributed by atoms with Gasteiger partial charge in [-0.1, -0.05) is 41.0 Å². The van der Waals surface area contributed by atoms with E-state index >= 15 is 0 Å². The van der Waals surface area contributed by atoms with E-state index in [4.69, 9.17) is 39.5 Å². The number of nitrogens with zero attached hydrogens (tertiary/aromatic N) is 1. The second kappa shape index (κ2) is 6.13. The molecule has 0 fully saturated rings. The molecular formula is C14H11Cl3N2OS. The van der Waals surface area contributed by atoms with Crippen LogP contribution in [0.3, 0.4) is 0 Å². The summed E-state index contributed by atoms with van der Waals surface area (Å²) in [7, 11) is 0. The third kappa shape index (κ3) is 3.04. The third-order valence-electron chi connectivity index (χ3n) is 3.07. The van der Waals surface area contributed by atoms with Gasteiger partial charge in [-0.2, -0.15) is 0 Å². The summed E-state index contributed by atoms with van der Waals surface area (Å²) in [6.45, 7) is 0. The van der Waals surface area contributed by atoms with Crippen molar-refractivity contribution in [2.45, 2.75) is 16.6 Å². The number of ether oxygens (including phenoxy) is 1. The molecule has 110 valence electrons. The smallest absolute Gasteiger partial charge is 0.166 e. The number of fused-ring (bicyclic) bond motifs is 1. The number of aromatic nitrogens is 2. The first-order valence-electron chi connectivity index (χ1n) is 6.17. The van der Waals surface area contributed by atoms with Crippen LogP contribution in [0.2, 0.25) is 10.0 Å². The van der Waals surface area contributed by atoms with Gasteiger partial charge in [0.2, 0.25) is 0 Å². The number of imidazole rings is 1. The van der Waals surface area contributed by atoms with Crippen LogP contribution in [0.4, 0.5) is 0 Å². The molecule has 2 aromatic rings. The molecule has 1 heterocycles. The van der Waals surface area contributed by atoms with Crippen molar-refractivity contribution in [2.24, 2.45) is 0 Å². The Morgan fingerprint density at radius 2 is 2.10 bits per heavy atom. The Morgan fingerprint density at radius 3 is 2.86 bits per heavy atom. The van der Waals surface area contributed by atoms with Gasteiger partial charge in [0.25, 0.3) is 0 Å². The summed E-state index contributed by atoms with van der Waals surface area (Å²) in [4.78, 5) is 7.65. The van der Waals surface area contributed by atoms with Crippen molar-refractivity contribution < 1.29 is 4.74 Å². The Hall–Kier alpha value is -0.810. The first kappa shape index (κ1) is 15.1. The zero-order chi connectivity index (χ0) is 15.0. The fourth-order valence-corrected chi connectivity index (χ4v) is 3.04. The highest BCUT2D eigenvalue weighted by Gasteiger charge is 2.22. The Kier molecular flexibility index (Phi) is 4.41. The van der Waals surface area contributed by atoms with Gasteiger partial charge in [0.05, 0.1) is 21.1 Å². The van der Waals surface area contributed by atoms with Gasteiger partial charge < -0.3 is 9.72 Å². The van der Waals surface area contributed by atoms with Crippen LogP contribution in [-0.4, -0.2) is 27.7 Å². The number of hydrogen-bond donors (Lipinski definition) is 1. The molecule has 0 radical (unpaired) electrons. The lowest BCUT2D eigenvalue weighted by Gasteiger charge is -2.20. The fourth-order valence-electron chi connectivity index (χ4n) is 2.05. The van der Waals surface area contributed by atoms with Gasteiger partial charge in [-0.05, 0) is 30.5 Å². The van der Waals surface area contributed by atoms with Crippen LogP contribution in [0.25, 0.3) is 12.2 Å². The van der Waals surface area contributed by atoms with E-state index in [1.54, 1.807) is 30.0 Å². The Balaban J connectivity index is 1.94. The lowest BCUT2D eigenvalue weighted by Crippen LogP contribution is -2.38. The summed E-state index contributed by atoms with van der Waals surface area (Å²) in [5.74, 6) is 0.508. The average Bonchev–Trinajstić information content (AvgIpc) is 2.86. The number of H-pyrrole nitrogens is 1. The monoisotopic (exact) mass is 360 g/mol. The Labute approximate surface area is 141 Å². The summed E-state index contributed by atoms with van der Waals surface area (Å²) in [5, 5.41) is 3.11. The minimum Gasteiger partial charge on any atom is -0.483 e. The zero-order valence-electron chi connectivity index (χ0n) is 10.9. The maximum absolute atomic E-state index is 6.36. The molecule has 2 atom stereocenters. The Morgan fingerprint density at radius 1 is 1.29 bits per heavy atom. The number of alkyl halides is 1. The van der Waals surface area contributed by atoms with Crippen molar-refractivity contribution in [1.29, 1.82) is 0 Å². The van der Waals surface area contributed by atoms with E-state index in [2.05, 4.69) is 9.97 Å². The van der Waals surface area contributed by atoms with Crippen molar-refractivity contribution in [3.05, 3.63) is 38.9 Å². The maximum Gasteiger partial charge on any atom is 0.166 e. The normalized spacial score (nSPS) is 20.4. The highest BCUT2D eigenvalue weighted by molar-refractivity contribution is 7.98. The van der Waals surface area contributed by atoms with E-state index in [0.717, 1.165) is 15.9 Å². The molecule has 0 saturated heterocycles. The molecule has 1 aromatic carbocycles. The fraction of sp³-hybridized carbons (Fsp3) is 0.214. The van der Waals surface area contributed by atoms with Gasteiger partial charge in [0.1, 0.15) is 16.9 Å². The topological polar surface area (TPSA) is 37.9 Å². The van der Waals surface area contributed by atoms with Gasteiger partial charge in [0.15, 0.2) is 5.16 Å². The average molecular weight is 362 g/mol. The molecule has 3 rings (SSSR count). The molecule has 0 aliphatic heterocycles. The summed E-state index contributed by atoms with van der Waals surface area (Å²) >= 11 is 20.0. The molecule has 1 aliphatic rings. The second-order valence-corrected chi connectivity index (χ2v) is 6.54. The SMILES string of the molecule is CSc1nc2c([nH]1)=CC(Cl)C(Oc1cccc(Cl)c1Cl)C=2. The number of benzene rings is 1. The predicted octanol–water partition coefficient (Wildman–Crippen LogP) is 3.07. The third-order valence-corrected chi connectivity index (χ3v) is 4.83. The van der Waals surface area contributed by atoms with E-state index in [-0.39, 0.29) is 11.5 Å². The van der Waals surface area contributed by atoms with Crippen molar-refractivity contribution in [3.8, 4) is 5.75 Å². The van der Waals surface area contributed by atoms with Crippen LogP contribution in [0.1, 0.15) is 0 Å². The molecule has 1 N–H and O–H groups in total. The molecule has 0 saturated carbocycles. The van der Waals surface area contributed by atoms with Gasteiger partial charge in [-0.3, -0.25) is 0 Å². The highest BCUT2D eigenvalue weighted by Crippen LogP contribution is 2.33. The van der Waals surface area contributed by atoms with Crippen LogP contribution >= 0.6 is 46.6 Å². The van der Waals surface area contributed by atoms with Crippen molar-refractivity contribution in [1.82, 2.24) is 9.97 Å². The first-order valence-corrected chi connectivity index (χ1v) is 8.58. The number of rotatable bonds is 3. The lowest BCUT2D eigenvalue weighted by molar-refractivity contribution is 0.272. The molecule has 21 heavy (non-hydrogen) atoms. The van der Waals surface area contributed by atoms with Gasteiger partial charge in [-0.15, -0.1) is 11.6 Å². The van der Waals surface area contributed by atoms with Crippen LogP contribution in [0, 0.1) is 0 Å². The minimum absolute atomic E-state index is 0.317. The molecule has 1 aliphatic carbocycles. The number of thioether (sulfide) groups is 1.